The first-order valence-corrected chi connectivity index (χ1v) is 10.0. The number of nitrogens with zero attached hydrogens (tertiary/aromatic N) is 3. The van der Waals surface area contributed by atoms with Crippen LogP contribution in [0.2, 0.25) is 0 Å². The number of hydrogen-bond donors (Lipinski definition) is 1. The molecule has 8 heteroatoms. The van der Waals surface area contributed by atoms with E-state index < -0.39 is 0 Å². The van der Waals surface area contributed by atoms with Crippen molar-refractivity contribution in [3.63, 3.8) is 0 Å². The molecule has 0 aliphatic heterocycles. The number of nitrogens with one attached hydrogen (secondary N) is 1. The number of benzene rings is 2. The van der Waals surface area contributed by atoms with Crippen LogP contribution in [0, 0.1) is 0 Å². The molecule has 0 bridgehead atoms. The van der Waals surface area contributed by atoms with Gasteiger partial charge in [0.1, 0.15) is 12.1 Å². The average molecular weight is 387 g/mol. The maximum absolute atomic E-state index is 12.3. The van der Waals surface area contributed by atoms with Gasteiger partial charge in [0.25, 0.3) is 0 Å². The summed E-state index contributed by atoms with van der Waals surface area (Å²) in [4.78, 5) is 13.4. The van der Waals surface area contributed by atoms with Crippen molar-refractivity contribution in [3.8, 4) is 11.4 Å². The van der Waals surface area contributed by atoms with E-state index in [9.17, 15) is 4.79 Å². The molecule has 134 valence electrons. The monoisotopic (exact) mass is 386 g/mol. The Kier molecular flexibility index (Phi) is 6.19. The highest BCUT2D eigenvalue weighted by atomic mass is 32.2. The lowest BCUT2D eigenvalue weighted by Gasteiger charge is -2.11. The molecular weight excluding hydrogens is 368 g/mol. The lowest BCUT2D eigenvalue weighted by atomic mass is 10.3. The van der Waals surface area contributed by atoms with Gasteiger partial charge in [0.15, 0.2) is 5.16 Å². The molecule has 0 saturated heterocycles. The van der Waals surface area contributed by atoms with Gasteiger partial charge in [-0.05, 0) is 30.5 Å². The van der Waals surface area contributed by atoms with Crippen molar-refractivity contribution in [2.45, 2.75) is 10.1 Å². The highest BCUT2D eigenvalue weighted by Crippen LogP contribution is 2.27. The van der Waals surface area contributed by atoms with Crippen LogP contribution in [0.5, 0.6) is 5.75 Å². The molecule has 0 atom stereocenters. The van der Waals surface area contributed by atoms with Crippen LogP contribution < -0.4 is 10.1 Å². The van der Waals surface area contributed by atoms with Gasteiger partial charge in [-0.2, -0.15) is 0 Å². The van der Waals surface area contributed by atoms with E-state index in [1.54, 1.807) is 25.2 Å². The summed E-state index contributed by atoms with van der Waals surface area (Å²) in [5.74, 6) is 0.856. The van der Waals surface area contributed by atoms with E-state index in [4.69, 9.17) is 4.74 Å². The van der Waals surface area contributed by atoms with Crippen LogP contribution in [0.25, 0.3) is 5.69 Å². The summed E-state index contributed by atoms with van der Waals surface area (Å²) in [6.45, 7) is 0. The number of carbonyl (C=O) groups is 1. The Morgan fingerprint density at radius 2 is 1.96 bits per heavy atom. The van der Waals surface area contributed by atoms with Crippen LogP contribution in [0.3, 0.4) is 0 Å². The minimum atomic E-state index is -0.0916. The summed E-state index contributed by atoms with van der Waals surface area (Å²) in [6, 6.07) is 15.3. The number of hydrogen-bond acceptors (Lipinski definition) is 6. The minimum Gasteiger partial charge on any atom is -0.495 e. The lowest BCUT2D eigenvalue weighted by Crippen LogP contribution is -2.15. The molecule has 1 aromatic heterocycles. The molecule has 0 aliphatic rings. The van der Waals surface area contributed by atoms with E-state index in [0.29, 0.717) is 10.9 Å². The smallest absolute Gasteiger partial charge is 0.234 e. The van der Waals surface area contributed by atoms with Gasteiger partial charge in [0, 0.05) is 4.90 Å². The Bertz CT molecular complexity index is 898. The van der Waals surface area contributed by atoms with Gasteiger partial charge in [-0.15, -0.1) is 22.0 Å². The Morgan fingerprint density at radius 3 is 2.77 bits per heavy atom. The van der Waals surface area contributed by atoms with Crippen LogP contribution in [0.15, 0.2) is 64.9 Å². The summed E-state index contributed by atoms with van der Waals surface area (Å²) >= 11 is 2.92. The third-order valence-corrected chi connectivity index (χ3v) is 5.31. The first kappa shape index (κ1) is 18.3. The van der Waals surface area contributed by atoms with Crippen molar-refractivity contribution in [1.82, 2.24) is 14.8 Å². The van der Waals surface area contributed by atoms with Crippen LogP contribution in [-0.2, 0) is 4.79 Å². The Balaban J connectivity index is 1.69. The van der Waals surface area contributed by atoms with Crippen LogP contribution >= 0.6 is 23.5 Å². The van der Waals surface area contributed by atoms with E-state index >= 15 is 0 Å². The molecule has 1 N–H and O–H groups in total. The normalized spacial score (nSPS) is 10.5. The summed E-state index contributed by atoms with van der Waals surface area (Å²) in [7, 11) is 1.62. The molecule has 0 aliphatic carbocycles. The fourth-order valence-corrected chi connectivity index (χ4v) is 3.66. The van der Waals surface area contributed by atoms with Crippen molar-refractivity contribution in [3.05, 3.63) is 54.9 Å². The molecule has 0 spiro atoms. The van der Waals surface area contributed by atoms with E-state index in [-0.39, 0.29) is 11.7 Å². The Morgan fingerprint density at radius 1 is 1.19 bits per heavy atom. The van der Waals surface area contributed by atoms with Gasteiger partial charge in [-0.25, -0.2) is 0 Å². The second kappa shape index (κ2) is 8.77. The Hall–Kier alpha value is -2.45. The maximum Gasteiger partial charge on any atom is 0.234 e. The van der Waals surface area contributed by atoms with Gasteiger partial charge >= 0.3 is 0 Å². The van der Waals surface area contributed by atoms with E-state index in [1.807, 2.05) is 59.4 Å². The second-order valence-electron chi connectivity index (χ2n) is 5.19. The van der Waals surface area contributed by atoms with Gasteiger partial charge in [0.05, 0.1) is 24.2 Å². The van der Waals surface area contributed by atoms with E-state index in [0.717, 1.165) is 16.3 Å². The summed E-state index contributed by atoms with van der Waals surface area (Å²) in [5, 5.41) is 11.7. The van der Waals surface area contributed by atoms with Crippen molar-refractivity contribution in [2.75, 3.05) is 24.4 Å². The molecule has 1 amide bonds. The average Bonchev–Trinajstić information content (AvgIpc) is 3.15. The second-order valence-corrected chi connectivity index (χ2v) is 6.98. The molecular formula is C18H18N4O2S2. The third-order valence-electron chi connectivity index (χ3n) is 3.57. The number of rotatable bonds is 7. The van der Waals surface area contributed by atoms with Crippen molar-refractivity contribution in [1.29, 1.82) is 0 Å². The Labute approximate surface area is 160 Å². The molecule has 1 heterocycles. The first-order chi connectivity index (χ1) is 12.7. The number of ether oxygens (including phenoxy) is 1. The fourth-order valence-electron chi connectivity index (χ4n) is 2.38. The molecule has 6 nitrogen and oxygen atoms in total. The van der Waals surface area contributed by atoms with Gasteiger partial charge < -0.3 is 10.1 Å². The number of methoxy groups -OCH3 is 1. The molecule has 0 unspecified atom stereocenters. The van der Waals surface area contributed by atoms with E-state index in [2.05, 4.69) is 15.5 Å². The zero-order valence-electron chi connectivity index (χ0n) is 14.4. The number of carbonyl (C=O) groups excluding carboxylic acids is 1. The van der Waals surface area contributed by atoms with Crippen LogP contribution in [-0.4, -0.2) is 39.8 Å². The molecule has 26 heavy (non-hydrogen) atoms. The quantitative estimate of drug-likeness (QED) is 0.624. The number of anilines is 1. The SMILES string of the molecule is COc1ccccc1-n1cnnc1SCC(=O)Nc1ccccc1SC. The topological polar surface area (TPSA) is 69.0 Å². The zero-order chi connectivity index (χ0) is 18.4. The molecule has 0 radical (unpaired) electrons. The largest absolute Gasteiger partial charge is 0.495 e. The van der Waals surface area contributed by atoms with Gasteiger partial charge in [-0.3, -0.25) is 9.36 Å². The lowest BCUT2D eigenvalue weighted by molar-refractivity contribution is -0.113. The van der Waals surface area contributed by atoms with Crippen LogP contribution in [0.1, 0.15) is 0 Å². The molecule has 2 aromatic carbocycles. The predicted molar refractivity (Wildman–Crippen MR) is 105 cm³/mol. The highest BCUT2D eigenvalue weighted by Gasteiger charge is 2.13. The predicted octanol–water partition coefficient (Wildman–Crippen LogP) is 3.73. The third kappa shape index (κ3) is 4.20. The number of aromatic nitrogens is 3. The molecule has 0 fully saturated rings. The summed E-state index contributed by atoms with van der Waals surface area (Å²) < 4.78 is 7.20. The molecule has 3 aromatic rings. The van der Waals surface area contributed by atoms with Crippen molar-refractivity contribution < 1.29 is 9.53 Å². The number of thioether (sulfide) groups is 2. The van der Waals surface area contributed by atoms with Crippen molar-refractivity contribution >= 4 is 35.1 Å². The van der Waals surface area contributed by atoms with Gasteiger partial charge in [-0.1, -0.05) is 36.0 Å². The summed E-state index contributed by atoms with van der Waals surface area (Å²) in [5.41, 5.74) is 1.65. The first-order valence-electron chi connectivity index (χ1n) is 7.82. The fraction of sp³-hybridized carbons (Fsp3) is 0.167. The maximum atomic E-state index is 12.3. The molecule has 3 rings (SSSR count). The number of para-hydroxylation sites is 3. The number of amides is 1. The van der Waals surface area contributed by atoms with Gasteiger partial charge in [0.2, 0.25) is 5.91 Å². The van der Waals surface area contributed by atoms with E-state index in [1.165, 1.54) is 11.8 Å². The standard InChI is InChI=1S/C18H18N4O2S2/c1-24-15-9-5-4-8-14(15)22-12-19-21-18(22)26-11-17(23)20-13-7-3-6-10-16(13)25-2/h3-10,12H,11H2,1-2H3,(H,20,23). The summed E-state index contributed by atoms with van der Waals surface area (Å²) in [6.07, 6.45) is 3.59. The molecule has 0 saturated carbocycles. The highest BCUT2D eigenvalue weighted by molar-refractivity contribution is 7.99. The zero-order valence-corrected chi connectivity index (χ0v) is 16.0. The van der Waals surface area contributed by atoms with Crippen LogP contribution in [0.4, 0.5) is 5.69 Å². The minimum absolute atomic E-state index is 0.0916. The van der Waals surface area contributed by atoms with Crippen molar-refractivity contribution in [2.24, 2.45) is 0 Å².